The van der Waals surface area contributed by atoms with Gasteiger partial charge in [-0.15, -0.1) is 0 Å². The minimum atomic E-state index is -1.12. The summed E-state index contributed by atoms with van der Waals surface area (Å²) in [5.41, 5.74) is 16.3. The van der Waals surface area contributed by atoms with Crippen LogP contribution in [0.4, 0.5) is 0 Å². The van der Waals surface area contributed by atoms with E-state index in [0.717, 1.165) is 0 Å². The molecular weight excluding hydrogens is 446 g/mol. The summed E-state index contributed by atoms with van der Waals surface area (Å²) in [5.74, 6) is -1.77. The smallest absolute Gasteiger partial charge is 0.326 e. The quantitative estimate of drug-likeness (QED) is 0.0837. The number of carboxylic acid groups (broad SMARTS) is 1. The van der Waals surface area contributed by atoms with Crippen LogP contribution in [0.15, 0.2) is 10.2 Å². The molecule has 0 aromatic rings. The van der Waals surface area contributed by atoms with Crippen LogP contribution in [0.5, 0.6) is 0 Å². The van der Waals surface area contributed by atoms with Crippen molar-refractivity contribution in [2.75, 3.05) is 26.2 Å². The molecule has 1 atom stereocenters. The van der Waals surface area contributed by atoms with Crippen LogP contribution in [0, 0.1) is 0 Å². The van der Waals surface area contributed by atoms with Crippen LogP contribution in [-0.2, 0) is 19.2 Å². The highest BCUT2D eigenvalue weighted by Crippen LogP contribution is 2.03. The topological polar surface area (TPSA) is 222 Å². The van der Waals surface area contributed by atoms with Crippen molar-refractivity contribution in [3.05, 3.63) is 20.9 Å². The van der Waals surface area contributed by atoms with Gasteiger partial charge in [-0.2, -0.15) is 0 Å². The van der Waals surface area contributed by atoms with E-state index in [4.69, 9.17) is 11.1 Å². The van der Waals surface area contributed by atoms with Gasteiger partial charge in [0.2, 0.25) is 17.7 Å². The van der Waals surface area contributed by atoms with Crippen molar-refractivity contribution in [2.24, 2.45) is 10.2 Å². The van der Waals surface area contributed by atoms with Crippen LogP contribution in [0.1, 0.15) is 70.6 Å². The van der Waals surface area contributed by atoms with Gasteiger partial charge in [0.05, 0.1) is 0 Å². The highest BCUT2D eigenvalue weighted by Gasteiger charge is 2.19. The fraction of sp³-hybridized carbons (Fsp3) is 0.800. The maximum atomic E-state index is 12.0. The molecule has 0 spiro atoms. The SMILES string of the molecule is [N-]=[N+]=NCCCCC(=O)NCCCC[C@H](NC(=O)CCCNC(=O)CCCCN=[N+]=[N-])C(=O)O. The third-order valence-corrected chi connectivity index (χ3v) is 4.73. The van der Waals surface area contributed by atoms with Gasteiger partial charge in [0.1, 0.15) is 6.04 Å². The van der Waals surface area contributed by atoms with Crippen molar-refractivity contribution in [2.45, 2.75) is 76.7 Å². The van der Waals surface area contributed by atoms with Crippen LogP contribution >= 0.6 is 0 Å². The number of carbonyl (C=O) groups is 4. The Morgan fingerprint density at radius 1 is 0.706 bits per heavy atom. The predicted octanol–water partition coefficient (Wildman–Crippen LogP) is 2.70. The van der Waals surface area contributed by atoms with E-state index in [1.807, 2.05) is 0 Å². The molecule has 0 unspecified atom stereocenters. The van der Waals surface area contributed by atoms with Gasteiger partial charge >= 0.3 is 5.97 Å². The lowest BCUT2D eigenvalue weighted by atomic mass is 10.1. The lowest BCUT2D eigenvalue weighted by molar-refractivity contribution is -0.142. The van der Waals surface area contributed by atoms with Gasteiger partial charge in [0, 0.05) is 55.3 Å². The first kappa shape index (κ1) is 30.5. The zero-order valence-corrected chi connectivity index (χ0v) is 19.4. The molecule has 34 heavy (non-hydrogen) atoms. The fourth-order valence-corrected chi connectivity index (χ4v) is 2.90. The molecule has 4 N–H and O–H groups in total. The van der Waals surface area contributed by atoms with Crippen molar-refractivity contribution >= 4 is 23.7 Å². The number of nitrogens with zero attached hydrogens (tertiary/aromatic N) is 6. The molecule has 0 saturated heterocycles. The van der Waals surface area contributed by atoms with Gasteiger partial charge in [-0.1, -0.05) is 10.2 Å². The Bertz CT molecular complexity index is 734. The van der Waals surface area contributed by atoms with Gasteiger partial charge in [0.15, 0.2) is 0 Å². The lowest BCUT2D eigenvalue weighted by Gasteiger charge is -2.14. The highest BCUT2D eigenvalue weighted by atomic mass is 16.4. The number of rotatable bonds is 21. The summed E-state index contributed by atoms with van der Waals surface area (Å²) < 4.78 is 0. The molecule has 0 rings (SSSR count). The zero-order valence-electron chi connectivity index (χ0n) is 19.4. The van der Waals surface area contributed by atoms with E-state index in [-0.39, 0.29) is 24.7 Å². The lowest BCUT2D eigenvalue weighted by Crippen LogP contribution is -2.41. The minimum Gasteiger partial charge on any atom is -0.480 e. The van der Waals surface area contributed by atoms with Gasteiger partial charge in [-0.05, 0) is 62.4 Å². The number of azide groups is 2. The Kier molecular flexibility index (Phi) is 19.2. The van der Waals surface area contributed by atoms with E-state index < -0.39 is 17.9 Å². The Hall–Kier alpha value is -3.50. The molecule has 0 aliphatic heterocycles. The van der Waals surface area contributed by atoms with Crippen LogP contribution in [0.25, 0.3) is 20.9 Å². The molecule has 0 heterocycles. The molecule has 0 aromatic carbocycles. The second kappa shape index (κ2) is 21.4. The maximum absolute atomic E-state index is 12.0. The number of nitrogens with one attached hydrogen (secondary N) is 3. The summed E-state index contributed by atoms with van der Waals surface area (Å²) in [6, 6.07) is -1.01. The molecule has 3 amide bonds. The van der Waals surface area contributed by atoms with Crippen molar-refractivity contribution < 1.29 is 24.3 Å². The van der Waals surface area contributed by atoms with E-state index in [2.05, 4.69) is 36.0 Å². The average Bonchev–Trinajstić information content (AvgIpc) is 2.80. The maximum Gasteiger partial charge on any atom is 0.326 e. The van der Waals surface area contributed by atoms with Crippen LogP contribution < -0.4 is 16.0 Å². The summed E-state index contributed by atoms with van der Waals surface area (Å²) in [4.78, 5) is 52.0. The second-order valence-electron chi connectivity index (χ2n) is 7.58. The molecule has 0 saturated carbocycles. The number of carbonyl (C=O) groups excluding carboxylic acids is 3. The molecule has 0 fully saturated rings. The second-order valence-corrected chi connectivity index (χ2v) is 7.58. The first-order chi connectivity index (χ1) is 16.4. The number of unbranched alkanes of at least 4 members (excludes halogenated alkanes) is 3. The number of amides is 3. The number of hydrogen-bond acceptors (Lipinski definition) is 6. The average molecular weight is 482 g/mol. The van der Waals surface area contributed by atoms with Crippen molar-refractivity contribution in [1.29, 1.82) is 0 Å². The largest absolute Gasteiger partial charge is 0.480 e. The van der Waals surface area contributed by atoms with Crippen LogP contribution in [0.3, 0.4) is 0 Å². The molecular formula is C20H35N9O5. The summed E-state index contributed by atoms with van der Waals surface area (Å²) in [5, 5.41) is 24.0. The van der Waals surface area contributed by atoms with E-state index in [9.17, 15) is 24.3 Å². The van der Waals surface area contributed by atoms with E-state index in [1.54, 1.807) is 0 Å². The van der Waals surface area contributed by atoms with Crippen molar-refractivity contribution in [3.63, 3.8) is 0 Å². The predicted molar refractivity (Wildman–Crippen MR) is 124 cm³/mol. The van der Waals surface area contributed by atoms with Crippen LogP contribution in [0.2, 0.25) is 0 Å². The Morgan fingerprint density at radius 3 is 1.71 bits per heavy atom. The molecule has 0 aromatic heterocycles. The summed E-state index contributed by atoms with van der Waals surface area (Å²) in [6.45, 7) is 1.44. The van der Waals surface area contributed by atoms with E-state index in [0.29, 0.717) is 84.0 Å². The van der Waals surface area contributed by atoms with E-state index in [1.165, 1.54) is 0 Å². The third kappa shape index (κ3) is 19.2. The molecule has 190 valence electrons. The van der Waals surface area contributed by atoms with Crippen molar-refractivity contribution in [1.82, 2.24) is 16.0 Å². The number of hydrogen-bond donors (Lipinski definition) is 4. The zero-order chi connectivity index (χ0) is 25.4. The first-order valence-corrected chi connectivity index (χ1v) is 11.5. The third-order valence-electron chi connectivity index (χ3n) is 4.73. The molecule has 14 nitrogen and oxygen atoms in total. The number of aliphatic carboxylic acids is 1. The van der Waals surface area contributed by atoms with E-state index >= 15 is 0 Å². The van der Waals surface area contributed by atoms with Gasteiger partial charge in [-0.25, -0.2) is 4.79 Å². The summed E-state index contributed by atoms with van der Waals surface area (Å²) >= 11 is 0. The number of carboxylic acids is 1. The monoisotopic (exact) mass is 481 g/mol. The highest BCUT2D eigenvalue weighted by molar-refractivity contribution is 5.83. The van der Waals surface area contributed by atoms with Gasteiger partial charge < -0.3 is 21.1 Å². The minimum absolute atomic E-state index is 0.0939. The molecule has 0 aliphatic carbocycles. The molecule has 0 radical (unpaired) electrons. The summed E-state index contributed by atoms with van der Waals surface area (Å²) in [6.07, 6.45) is 4.98. The first-order valence-electron chi connectivity index (χ1n) is 11.5. The Morgan fingerprint density at radius 2 is 1.21 bits per heavy atom. The Balaban J connectivity index is 3.90. The molecule has 0 aliphatic rings. The standard InChI is InChI=1S/C20H35N9O5/c21-28-25-14-5-2-9-17(30)23-12-4-1-8-16(20(33)34)27-19(32)11-7-13-24-18(31)10-3-6-15-26-29-22/h16H,1-15H2,(H,23,30)(H,24,31)(H,27,32)(H,33,34)/t16-/m0/s1. The Labute approximate surface area is 198 Å². The van der Waals surface area contributed by atoms with Gasteiger partial charge in [0.25, 0.3) is 0 Å². The molecule has 14 heteroatoms. The molecule has 0 bridgehead atoms. The van der Waals surface area contributed by atoms with Crippen molar-refractivity contribution in [3.8, 4) is 0 Å². The van der Waals surface area contributed by atoms with Gasteiger partial charge in [-0.3, -0.25) is 14.4 Å². The normalized spacial score (nSPS) is 10.8. The fourth-order valence-electron chi connectivity index (χ4n) is 2.90. The summed E-state index contributed by atoms with van der Waals surface area (Å²) in [7, 11) is 0. The van der Waals surface area contributed by atoms with Crippen LogP contribution in [-0.4, -0.2) is 61.0 Å².